The zero-order valence-corrected chi connectivity index (χ0v) is 13.3. The first-order chi connectivity index (χ1) is 11.7. The smallest absolute Gasteiger partial charge is 0.254 e. The van der Waals surface area contributed by atoms with Crippen molar-refractivity contribution in [2.24, 2.45) is 13.0 Å². The van der Waals surface area contributed by atoms with E-state index >= 15 is 0 Å². The fourth-order valence-corrected chi connectivity index (χ4v) is 2.92. The minimum absolute atomic E-state index is 0.0682. The van der Waals surface area contributed by atoms with E-state index < -0.39 is 0 Å². The number of benzene rings is 1. The summed E-state index contributed by atoms with van der Waals surface area (Å²) in [6.07, 6.45) is 8.93. The molecule has 122 valence electrons. The minimum Gasteiger partial charge on any atom is -0.342 e. The summed E-state index contributed by atoms with van der Waals surface area (Å²) in [5.41, 5.74) is 1.28. The molecule has 1 saturated carbocycles. The molecular formula is C17H18N6O. The Morgan fingerprint density at radius 2 is 2.17 bits per heavy atom. The number of nitrogens with one attached hydrogen (secondary N) is 1. The normalized spacial score (nSPS) is 15.2. The summed E-state index contributed by atoms with van der Waals surface area (Å²) in [5, 5.41) is 7.29. The van der Waals surface area contributed by atoms with Gasteiger partial charge in [0.25, 0.3) is 5.91 Å². The topological polar surface area (TPSA) is 77.6 Å². The van der Waals surface area contributed by atoms with E-state index in [0.29, 0.717) is 17.2 Å². The van der Waals surface area contributed by atoms with Crippen LogP contribution < -0.4 is 5.32 Å². The van der Waals surface area contributed by atoms with Crippen molar-refractivity contribution in [1.29, 1.82) is 0 Å². The molecule has 1 fully saturated rings. The van der Waals surface area contributed by atoms with Crippen molar-refractivity contribution in [2.75, 3.05) is 0 Å². The molecule has 0 aliphatic heterocycles. The maximum Gasteiger partial charge on any atom is 0.254 e. The van der Waals surface area contributed by atoms with Gasteiger partial charge in [-0.05, 0) is 30.9 Å². The van der Waals surface area contributed by atoms with E-state index in [1.807, 2.05) is 36.0 Å². The summed E-state index contributed by atoms with van der Waals surface area (Å²) >= 11 is 0. The second-order valence-electron chi connectivity index (χ2n) is 6.04. The van der Waals surface area contributed by atoms with Gasteiger partial charge in [0.1, 0.15) is 18.5 Å². The molecule has 1 amide bonds. The van der Waals surface area contributed by atoms with Crippen LogP contribution in [0.4, 0.5) is 0 Å². The van der Waals surface area contributed by atoms with Crippen LogP contribution in [0.1, 0.15) is 35.1 Å². The van der Waals surface area contributed by atoms with Crippen LogP contribution in [0.15, 0.2) is 49.3 Å². The Labute approximate surface area is 139 Å². The molecule has 0 saturated heterocycles. The second kappa shape index (κ2) is 5.92. The lowest BCUT2D eigenvalue weighted by Crippen LogP contribution is -2.32. The third-order valence-electron chi connectivity index (χ3n) is 4.33. The molecule has 0 radical (unpaired) electrons. The first-order valence-electron chi connectivity index (χ1n) is 7.96. The summed E-state index contributed by atoms with van der Waals surface area (Å²) in [7, 11) is 1.95. The number of imidazole rings is 1. The number of hydrogen-bond acceptors (Lipinski definition) is 4. The van der Waals surface area contributed by atoms with Gasteiger partial charge in [0, 0.05) is 19.4 Å². The minimum atomic E-state index is -0.124. The van der Waals surface area contributed by atoms with Crippen molar-refractivity contribution < 1.29 is 4.79 Å². The highest BCUT2D eigenvalue weighted by Crippen LogP contribution is 2.40. The lowest BCUT2D eigenvalue weighted by atomic mass is 10.1. The Bertz CT molecular complexity index is 850. The van der Waals surface area contributed by atoms with Crippen molar-refractivity contribution >= 4 is 5.91 Å². The molecule has 0 spiro atoms. The van der Waals surface area contributed by atoms with Gasteiger partial charge in [-0.3, -0.25) is 4.79 Å². The van der Waals surface area contributed by atoms with Crippen LogP contribution in [-0.4, -0.2) is 30.2 Å². The Kier molecular flexibility index (Phi) is 3.60. The predicted molar refractivity (Wildman–Crippen MR) is 87.5 cm³/mol. The molecule has 3 aromatic rings. The van der Waals surface area contributed by atoms with Crippen molar-refractivity contribution in [3.8, 4) is 5.69 Å². The highest BCUT2D eigenvalue weighted by atomic mass is 16.1. The van der Waals surface area contributed by atoms with Crippen molar-refractivity contribution in [1.82, 2.24) is 29.6 Å². The molecule has 4 rings (SSSR count). The van der Waals surface area contributed by atoms with Crippen molar-refractivity contribution in [3.05, 3.63) is 60.7 Å². The maximum atomic E-state index is 12.9. The molecule has 7 heteroatoms. The molecule has 2 heterocycles. The standard InChI is InChI=1S/C17H18N6O/c1-22-9-8-19-16(22)15(12-6-7-12)21-17(24)13-4-2-3-5-14(13)23-11-18-10-20-23/h2-5,8-12,15H,6-7H2,1H3,(H,21,24)/t15-/m0/s1. The summed E-state index contributed by atoms with van der Waals surface area (Å²) in [6, 6.07) is 7.32. The van der Waals surface area contributed by atoms with Crippen LogP contribution in [-0.2, 0) is 7.05 Å². The Morgan fingerprint density at radius 3 is 2.83 bits per heavy atom. The molecular weight excluding hydrogens is 304 g/mol. The number of aromatic nitrogens is 5. The van der Waals surface area contributed by atoms with Gasteiger partial charge in [0.05, 0.1) is 17.3 Å². The highest BCUT2D eigenvalue weighted by molar-refractivity contribution is 5.98. The predicted octanol–water partition coefficient (Wildman–Crippen LogP) is 1.88. The van der Waals surface area contributed by atoms with Gasteiger partial charge in [0.15, 0.2) is 0 Å². The van der Waals surface area contributed by atoms with E-state index in [2.05, 4.69) is 20.4 Å². The lowest BCUT2D eigenvalue weighted by Gasteiger charge is -2.19. The average Bonchev–Trinajstić information content (AvgIpc) is 3.12. The van der Waals surface area contributed by atoms with Gasteiger partial charge in [-0.1, -0.05) is 12.1 Å². The van der Waals surface area contributed by atoms with Gasteiger partial charge < -0.3 is 9.88 Å². The number of carbonyl (C=O) groups excluding carboxylic acids is 1. The number of amides is 1. The summed E-state index contributed by atoms with van der Waals surface area (Å²) in [4.78, 5) is 21.3. The van der Waals surface area contributed by atoms with E-state index in [-0.39, 0.29) is 11.9 Å². The van der Waals surface area contributed by atoms with Crippen molar-refractivity contribution in [2.45, 2.75) is 18.9 Å². The lowest BCUT2D eigenvalue weighted by molar-refractivity contribution is 0.0929. The van der Waals surface area contributed by atoms with Gasteiger partial charge in [0.2, 0.25) is 0 Å². The zero-order valence-electron chi connectivity index (χ0n) is 13.3. The van der Waals surface area contributed by atoms with Crippen LogP contribution in [0.3, 0.4) is 0 Å². The Hall–Kier alpha value is -2.96. The van der Waals surface area contributed by atoms with Gasteiger partial charge in [-0.2, -0.15) is 5.10 Å². The first-order valence-corrected chi connectivity index (χ1v) is 7.96. The van der Waals surface area contributed by atoms with E-state index in [0.717, 1.165) is 18.7 Å². The number of nitrogens with zero attached hydrogens (tertiary/aromatic N) is 5. The molecule has 1 aromatic carbocycles. The zero-order chi connectivity index (χ0) is 16.5. The Balaban J connectivity index is 1.64. The van der Waals surface area contributed by atoms with E-state index in [1.165, 1.54) is 6.33 Å². The summed E-state index contributed by atoms with van der Waals surface area (Å²) in [5.74, 6) is 1.22. The molecule has 0 bridgehead atoms. The van der Waals surface area contributed by atoms with Gasteiger partial charge >= 0.3 is 0 Å². The van der Waals surface area contributed by atoms with E-state index in [1.54, 1.807) is 23.3 Å². The highest BCUT2D eigenvalue weighted by Gasteiger charge is 2.36. The summed E-state index contributed by atoms with van der Waals surface area (Å²) < 4.78 is 3.56. The number of carbonyl (C=O) groups is 1. The maximum absolute atomic E-state index is 12.9. The quantitative estimate of drug-likeness (QED) is 0.778. The first kappa shape index (κ1) is 14.6. The molecule has 1 aliphatic carbocycles. The molecule has 1 aliphatic rings. The largest absolute Gasteiger partial charge is 0.342 e. The van der Waals surface area contributed by atoms with Gasteiger partial charge in [-0.25, -0.2) is 14.6 Å². The molecule has 7 nitrogen and oxygen atoms in total. The van der Waals surface area contributed by atoms with E-state index in [9.17, 15) is 4.79 Å². The number of para-hydroxylation sites is 1. The van der Waals surface area contributed by atoms with Crippen LogP contribution in [0.2, 0.25) is 0 Å². The van der Waals surface area contributed by atoms with Crippen molar-refractivity contribution in [3.63, 3.8) is 0 Å². The number of hydrogen-bond donors (Lipinski definition) is 1. The van der Waals surface area contributed by atoms with Crippen LogP contribution in [0, 0.1) is 5.92 Å². The fraction of sp³-hybridized carbons (Fsp3) is 0.294. The van der Waals surface area contributed by atoms with Crippen LogP contribution in [0.25, 0.3) is 5.69 Å². The molecule has 2 aromatic heterocycles. The third-order valence-corrected chi connectivity index (χ3v) is 4.33. The van der Waals surface area contributed by atoms with Gasteiger partial charge in [-0.15, -0.1) is 0 Å². The molecule has 0 unspecified atom stereocenters. The molecule has 1 N–H and O–H groups in total. The second-order valence-corrected chi connectivity index (χ2v) is 6.04. The molecule has 24 heavy (non-hydrogen) atoms. The SMILES string of the molecule is Cn1ccnc1[C@@H](NC(=O)c1ccccc1-n1cncn1)C1CC1. The molecule has 1 atom stereocenters. The Morgan fingerprint density at radius 1 is 1.33 bits per heavy atom. The third kappa shape index (κ3) is 2.68. The fourth-order valence-electron chi connectivity index (χ4n) is 2.92. The average molecular weight is 322 g/mol. The van der Waals surface area contributed by atoms with Crippen LogP contribution >= 0.6 is 0 Å². The number of rotatable bonds is 5. The number of aryl methyl sites for hydroxylation is 1. The van der Waals surface area contributed by atoms with Crippen LogP contribution in [0.5, 0.6) is 0 Å². The summed E-state index contributed by atoms with van der Waals surface area (Å²) in [6.45, 7) is 0. The van der Waals surface area contributed by atoms with E-state index in [4.69, 9.17) is 0 Å². The monoisotopic (exact) mass is 322 g/mol.